The van der Waals surface area contributed by atoms with E-state index in [-0.39, 0.29) is 5.91 Å². The Bertz CT molecular complexity index is 361. The van der Waals surface area contributed by atoms with Gasteiger partial charge in [0.05, 0.1) is 12.0 Å². The lowest BCUT2D eigenvalue weighted by atomic mass is 9.94. The molecule has 0 radical (unpaired) electrons. The number of nitrogens with one attached hydrogen (secondary N) is 1. The number of piperidine rings is 1. The smallest absolute Gasteiger partial charge is 0.224 e. The van der Waals surface area contributed by atoms with Crippen LogP contribution in [0.15, 0.2) is 35.5 Å². The van der Waals surface area contributed by atoms with Crippen LogP contribution in [0.2, 0.25) is 0 Å². The van der Waals surface area contributed by atoms with E-state index in [1.54, 1.807) is 0 Å². The van der Waals surface area contributed by atoms with Crippen molar-refractivity contribution in [1.29, 1.82) is 0 Å². The molecule has 0 spiro atoms. The quantitative estimate of drug-likeness (QED) is 0.589. The summed E-state index contributed by atoms with van der Waals surface area (Å²) in [6, 6.07) is 0. The van der Waals surface area contributed by atoms with E-state index in [0.717, 1.165) is 11.1 Å². The van der Waals surface area contributed by atoms with Crippen molar-refractivity contribution in [3.05, 3.63) is 35.5 Å². The summed E-state index contributed by atoms with van der Waals surface area (Å²) in [5.41, 5.74) is 7.82. The van der Waals surface area contributed by atoms with E-state index in [0.29, 0.717) is 13.0 Å². The molecule has 74 valence electrons. The van der Waals surface area contributed by atoms with Crippen LogP contribution in [0.25, 0.3) is 0 Å². The van der Waals surface area contributed by atoms with Gasteiger partial charge in [0.25, 0.3) is 0 Å². The van der Waals surface area contributed by atoms with Gasteiger partial charge in [0, 0.05) is 6.54 Å². The Kier molecular flexibility index (Phi) is 2.04. The minimum absolute atomic E-state index is 0.0856. The zero-order valence-electron chi connectivity index (χ0n) is 8.21. The van der Waals surface area contributed by atoms with Crippen LogP contribution in [0, 0.1) is 0 Å². The minimum atomic E-state index is -0.407. The predicted molar refractivity (Wildman–Crippen MR) is 55.5 cm³/mol. The lowest BCUT2D eigenvalue weighted by Crippen LogP contribution is -2.35. The normalized spacial score (nSPS) is 31.1. The molecule has 1 aliphatic heterocycles. The van der Waals surface area contributed by atoms with Gasteiger partial charge in [-0.2, -0.15) is 0 Å². The number of amides is 1. The highest BCUT2D eigenvalue weighted by molar-refractivity contribution is 5.82. The molecule has 2 rings (SSSR count). The van der Waals surface area contributed by atoms with Gasteiger partial charge in [-0.05, 0) is 18.1 Å². The van der Waals surface area contributed by atoms with E-state index in [1.165, 1.54) is 0 Å². The first-order valence-electron chi connectivity index (χ1n) is 4.73. The number of nitrogens with two attached hydrogens (primary N) is 1. The van der Waals surface area contributed by atoms with Crippen LogP contribution in [0.4, 0.5) is 0 Å². The zero-order chi connectivity index (χ0) is 10.2. The third kappa shape index (κ3) is 1.77. The first kappa shape index (κ1) is 9.21. The van der Waals surface area contributed by atoms with Gasteiger partial charge >= 0.3 is 0 Å². The van der Waals surface area contributed by atoms with Gasteiger partial charge in [-0.25, -0.2) is 0 Å². The molecule has 1 fully saturated rings. The maximum absolute atomic E-state index is 11.2. The Morgan fingerprint density at radius 1 is 1.50 bits per heavy atom. The average Bonchev–Trinajstić information content (AvgIpc) is 2.22. The Morgan fingerprint density at radius 2 is 2.29 bits per heavy atom. The van der Waals surface area contributed by atoms with Crippen LogP contribution in [-0.4, -0.2) is 18.0 Å². The van der Waals surface area contributed by atoms with Crippen LogP contribution < -0.4 is 11.1 Å². The van der Waals surface area contributed by atoms with Crippen molar-refractivity contribution in [3.63, 3.8) is 0 Å². The van der Waals surface area contributed by atoms with E-state index in [2.05, 4.69) is 5.32 Å². The van der Waals surface area contributed by atoms with Gasteiger partial charge < -0.3 is 11.1 Å². The standard InChI is InChI=1S/C11H14N2O/c1-11(12)4-2-3-8-5-10(14)13-7-9(8)6-11/h2-4,6H,5,7,12H2,1H3,(H,13,14)/t11-/m1/s1. The van der Waals surface area contributed by atoms with Crippen LogP contribution >= 0.6 is 0 Å². The van der Waals surface area contributed by atoms with Gasteiger partial charge in [0.2, 0.25) is 5.91 Å². The molecule has 1 heterocycles. The molecule has 0 bridgehead atoms. The monoisotopic (exact) mass is 190 g/mol. The molecule has 1 saturated heterocycles. The lowest BCUT2D eigenvalue weighted by molar-refractivity contribution is -0.120. The lowest BCUT2D eigenvalue weighted by Gasteiger charge is -2.21. The number of carbonyl (C=O) groups is 1. The van der Waals surface area contributed by atoms with Crippen molar-refractivity contribution in [2.24, 2.45) is 5.73 Å². The van der Waals surface area contributed by atoms with E-state index in [9.17, 15) is 4.79 Å². The first-order chi connectivity index (χ1) is 6.57. The largest absolute Gasteiger partial charge is 0.352 e. The summed E-state index contributed by atoms with van der Waals surface area (Å²) in [5.74, 6) is 0.0856. The van der Waals surface area contributed by atoms with Crippen molar-refractivity contribution in [3.8, 4) is 0 Å². The predicted octanol–water partition coefficient (Wildman–Crippen LogP) is 0.646. The maximum atomic E-state index is 11.2. The molecule has 2 aliphatic rings. The number of hydrogen-bond acceptors (Lipinski definition) is 2. The maximum Gasteiger partial charge on any atom is 0.224 e. The van der Waals surface area contributed by atoms with E-state index >= 15 is 0 Å². The van der Waals surface area contributed by atoms with Crippen LogP contribution in [0.1, 0.15) is 13.3 Å². The molecule has 14 heavy (non-hydrogen) atoms. The molecule has 0 unspecified atom stereocenters. The second kappa shape index (κ2) is 3.10. The zero-order valence-corrected chi connectivity index (χ0v) is 8.21. The summed E-state index contributed by atoms with van der Waals surface area (Å²) >= 11 is 0. The van der Waals surface area contributed by atoms with Gasteiger partial charge in [0.1, 0.15) is 0 Å². The average molecular weight is 190 g/mol. The second-order valence-electron chi connectivity index (χ2n) is 4.04. The summed E-state index contributed by atoms with van der Waals surface area (Å²) in [4.78, 5) is 11.2. The molecule has 3 nitrogen and oxygen atoms in total. The third-order valence-electron chi connectivity index (χ3n) is 2.48. The minimum Gasteiger partial charge on any atom is -0.352 e. The molecular formula is C11H14N2O. The van der Waals surface area contributed by atoms with Crippen LogP contribution in [0.5, 0.6) is 0 Å². The van der Waals surface area contributed by atoms with Gasteiger partial charge in [-0.1, -0.05) is 24.3 Å². The number of fused-ring (bicyclic) bond motifs is 1. The van der Waals surface area contributed by atoms with Crippen molar-refractivity contribution in [2.75, 3.05) is 6.54 Å². The molecule has 1 atom stereocenters. The Morgan fingerprint density at radius 3 is 3.07 bits per heavy atom. The number of carbonyl (C=O) groups excluding carboxylic acids is 1. The molecule has 3 heteroatoms. The molecule has 0 aromatic rings. The Labute approximate surface area is 83.4 Å². The van der Waals surface area contributed by atoms with Gasteiger partial charge in [-0.15, -0.1) is 0 Å². The van der Waals surface area contributed by atoms with Crippen molar-refractivity contribution in [1.82, 2.24) is 5.32 Å². The highest BCUT2D eigenvalue weighted by atomic mass is 16.1. The SMILES string of the molecule is C[C@@]1(N)C=CC=C2CC(=O)NCC2=C1. The Balaban J connectivity index is 2.35. The number of hydrogen-bond donors (Lipinski definition) is 2. The van der Waals surface area contributed by atoms with Crippen LogP contribution in [-0.2, 0) is 4.79 Å². The first-order valence-corrected chi connectivity index (χ1v) is 4.73. The molecule has 0 aromatic carbocycles. The molecule has 1 amide bonds. The molecule has 3 N–H and O–H groups in total. The van der Waals surface area contributed by atoms with E-state index < -0.39 is 5.54 Å². The van der Waals surface area contributed by atoms with E-state index in [1.807, 2.05) is 31.2 Å². The van der Waals surface area contributed by atoms with Gasteiger partial charge in [-0.3, -0.25) is 4.79 Å². The molecular weight excluding hydrogens is 176 g/mol. The second-order valence-corrected chi connectivity index (χ2v) is 4.04. The van der Waals surface area contributed by atoms with E-state index in [4.69, 9.17) is 5.73 Å². The fraction of sp³-hybridized carbons (Fsp3) is 0.364. The highest BCUT2D eigenvalue weighted by Gasteiger charge is 2.21. The van der Waals surface area contributed by atoms with Crippen molar-refractivity contribution in [2.45, 2.75) is 18.9 Å². The summed E-state index contributed by atoms with van der Waals surface area (Å²) in [6.45, 7) is 2.54. The fourth-order valence-corrected chi connectivity index (χ4v) is 1.76. The molecule has 0 saturated carbocycles. The number of allylic oxidation sites excluding steroid dienone is 2. The highest BCUT2D eigenvalue weighted by Crippen LogP contribution is 2.23. The summed E-state index contributed by atoms with van der Waals surface area (Å²) in [5, 5.41) is 2.82. The topological polar surface area (TPSA) is 55.1 Å². The van der Waals surface area contributed by atoms with Crippen molar-refractivity contribution < 1.29 is 4.79 Å². The summed E-state index contributed by atoms with van der Waals surface area (Å²) in [6.07, 6.45) is 8.32. The summed E-state index contributed by atoms with van der Waals surface area (Å²) in [7, 11) is 0. The van der Waals surface area contributed by atoms with Crippen LogP contribution in [0.3, 0.4) is 0 Å². The fourth-order valence-electron chi connectivity index (χ4n) is 1.76. The molecule has 1 aliphatic carbocycles. The summed E-state index contributed by atoms with van der Waals surface area (Å²) < 4.78 is 0. The Hall–Kier alpha value is -1.35. The molecule has 0 aromatic heterocycles. The number of rotatable bonds is 0. The van der Waals surface area contributed by atoms with Gasteiger partial charge in [0.15, 0.2) is 0 Å². The third-order valence-corrected chi connectivity index (χ3v) is 2.48. The van der Waals surface area contributed by atoms with Crippen molar-refractivity contribution >= 4 is 5.91 Å².